The van der Waals surface area contributed by atoms with Crippen molar-refractivity contribution in [3.05, 3.63) is 53.1 Å². The van der Waals surface area contributed by atoms with Gasteiger partial charge in [-0.3, -0.25) is 9.69 Å². The average molecular weight is 525 g/mol. The van der Waals surface area contributed by atoms with Gasteiger partial charge in [0.25, 0.3) is 0 Å². The van der Waals surface area contributed by atoms with Gasteiger partial charge in [0, 0.05) is 39.1 Å². The molecule has 0 aromatic heterocycles. The summed E-state index contributed by atoms with van der Waals surface area (Å²) in [7, 11) is 1.66. The molecule has 0 spiro atoms. The zero-order valence-electron chi connectivity index (χ0n) is 23.3. The van der Waals surface area contributed by atoms with Crippen LogP contribution in [-0.4, -0.2) is 72.9 Å². The smallest absolute Gasteiger partial charge is 0.222 e. The lowest BCUT2D eigenvalue weighted by atomic mass is 9.92. The molecule has 7 nitrogen and oxygen atoms in total. The molecule has 2 aliphatic rings. The third kappa shape index (κ3) is 7.87. The van der Waals surface area contributed by atoms with E-state index in [9.17, 15) is 9.90 Å². The Labute approximate surface area is 227 Å². The molecule has 2 aromatic carbocycles. The fraction of sp³-hybridized carbons (Fsp3) is 0.581. The largest absolute Gasteiger partial charge is 0.493 e. The van der Waals surface area contributed by atoms with Gasteiger partial charge in [-0.1, -0.05) is 30.2 Å². The zero-order chi connectivity index (χ0) is 27.0. The lowest BCUT2D eigenvalue weighted by Gasteiger charge is -2.38. The number of methoxy groups -OCH3 is 1. The van der Waals surface area contributed by atoms with Crippen LogP contribution in [0.3, 0.4) is 0 Å². The molecule has 0 atom stereocenters. The molecule has 7 heteroatoms. The number of ether oxygens (including phenoxy) is 3. The molecule has 1 amide bonds. The van der Waals surface area contributed by atoms with Gasteiger partial charge in [-0.2, -0.15) is 0 Å². The first-order chi connectivity index (χ1) is 18.3. The van der Waals surface area contributed by atoms with Gasteiger partial charge in [0.2, 0.25) is 5.91 Å². The predicted octanol–water partition coefficient (Wildman–Crippen LogP) is 4.89. The van der Waals surface area contributed by atoms with Crippen LogP contribution in [0.1, 0.15) is 61.6 Å². The Bertz CT molecular complexity index is 1060. The highest BCUT2D eigenvalue weighted by molar-refractivity contribution is 5.76. The summed E-state index contributed by atoms with van der Waals surface area (Å²) in [6.07, 6.45) is 6.06. The van der Waals surface area contributed by atoms with Crippen LogP contribution < -0.4 is 14.2 Å². The van der Waals surface area contributed by atoms with Crippen molar-refractivity contribution in [2.45, 2.75) is 70.9 Å². The van der Waals surface area contributed by atoms with Crippen LogP contribution in [0.5, 0.6) is 17.2 Å². The fourth-order valence-corrected chi connectivity index (χ4v) is 5.35. The van der Waals surface area contributed by atoms with Crippen molar-refractivity contribution < 1.29 is 24.1 Å². The maximum atomic E-state index is 12.2. The maximum absolute atomic E-state index is 12.2. The van der Waals surface area contributed by atoms with E-state index < -0.39 is 5.60 Å². The molecule has 0 bridgehead atoms. The van der Waals surface area contributed by atoms with E-state index in [-0.39, 0.29) is 5.91 Å². The molecule has 2 heterocycles. The number of benzene rings is 2. The van der Waals surface area contributed by atoms with Crippen LogP contribution in [0, 0.1) is 13.8 Å². The molecule has 2 saturated heterocycles. The second-order valence-corrected chi connectivity index (χ2v) is 10.9. The number of carbonyl (C=O) groups excluding carboxylic acids is 1. The minimum absolute atomic E-state index is 0.271. The monoisotopic (exact) mass is 524 g/mol. The van der Waals surface area contributed by atoms with Crippen molar-refractivity contribution in [2.75, 3.05) is 46.5 Å². The van der Waals surface area contributed by atoms with E-state index in [1.54, 1.807) is 7.11 Å². The molecule has 2 aromatic rings. The Morgan fingerprint density at radius 1 is 0.921 bits per heavy atom. The molecular weight excluding hydrogens is 480 g/mol. The van der Waals surface area contributed by atoms with Crippen molar-refractivity contribution >= 4 is 5.91 Å². The van der Waals surface area contributed by atoms with E-state index in [1.165, 1.54) is 5.56 Å². The number of nitrogens with zero attached hydrogens (tertiary/aromatic N) is 2. The van der Waals surface area contributed by atoms with Crippen LogP contribution in [0.4, 0.5) is 0 Å². The van der Waals surface area contributed by atoms with Gasteiger partial charge in [-0.25, -0.2) is 0 Å². The standard InChI is InChI=1S/C31H44N2O5/c1-24-9-11-27(25(2)20-24)38-23-31(35)13-17-32(18-14-31)22-26-10-12-28(36-3)29(21-26)37-19-7-16-33-15-6-4-5-8-30(33)34/h9-12,20-21,35H,4-8,13-19,22-23H2,1-3H3. The van der Waals surface area contributed by atoms with Gasteiger partial charge >= 0.3 is 0 Å². The molecule has 2 aliphatic heterocycles. The number of rotatable bonds is 11. The molecular formula is C31H44N2O5. The summed E-state index contributed by atoms with van der Waals surface area (Å²) in [5, 5.41) is 11.1. The van der Waals surface area contributed by atoms with Gasteiger partial charge in [0.1, 0.15) is 18.0 Å². The van der Waals surface area contributed by atoms with Gasteiger partial charge < -0.3 is 24.2 Å². The third-order valence-electron chi connectivity index (χ3n) is 7.75. The van der Waals surface area contributed by atoms with Crippen LogP contribution >= 0.6 is 0 Å². The Balaban J connectivity index is 1.24. The number of piperidine rings is 1. The van der Waals surface area contributed by atoms with E-state index in [2.05, 4.69) is 30.0 Å². The summed E-state index contributed by atoms with van der Waals surface area (Å²) in [4.78, 5) is 16.6. The highest BCUT2D eigenvalue weighted by Crippen LogP contribution is 2.31. The normalized spacial score (nSPS) is 18.2. The summed E-state index contributed by atoms with van der Waals surface area (Å²) in [5.41, 5.74) is 2.65. The molecule has 0 aliphatic carbocycles. The first kappa shape index (κ1) is 28.2. The zero-order valence-corrected chi connectivity index (χ0v) is 23.3. The van der Waals surface area contributed by atoms with Crippen molar-refractivity contribution in [1.29, 1.82) is 0 Å². The number of aliphatic hydroxyl groups is 1. The summed E-state index contributed by atoms with van der Waals surface area (Å²) in [6, 6.07) is 12.2. The second-order valence-electron chi connectivity index (χ2n) is 10.9. The molecule has 2 fully saturated rings. The Kier molecular flexibility index (Phi) is 9.91. The van der Waals surface area contributed by atoms with Gasteiger partial charge in [0.05, 0.1) is 13.7 Å². The molecule has 4 rings (SSSR count). The highest BCUT2D eigenvalue weighted by atomic mass is 16.5. The predicted molar refractivity (Wildman–Crippen MR) is 149 cm³/mol. The second kappa shape index (κ2) is 13.3. The first-order valence-corrected chi connectivity index (χ1v) is 14.1. The molecule has 1 N–H and O–H groups in total. The number of aryl methyl sites for hydroxylation is 2. The Morgan fingerprint density at radius 2 is 1.71 bits per heavy atom. The molecule has 0 saturated carbocycles. The Morgan fingerprint density at radius 3 is 2.47 bits per heavy atom. The SMILES string of the molecule is COc1ccc(CN2CCC(O)(COc3ccc(C)cc3C)CC2)cc1OCCCN1CCCCCC1=O. The number of amides is 1. The van der Waals surface area contributed by atoms with Crippen molar-refractivity contribution in [2.24, 2.45) is 0 Å². The van der Waals surface area contributed by atoms with E-state index in [1.807, 2.05) is 30.0 Å². The van der Waals surface area contributed by atoms with Gasteiger partial charge in [-0.15, -0.1) is 0 Å². The fourth-order valence-electron chi connectivity index (χ4n) is 5.35. The van der Waals surface area contributed by atoms with E-state index in [0.29, 0.717) is 32.5 Å². The van der Waals surface area contributed by atoms with E-state index >= 15 is 0 Å². The van der Waals surface area contributed by atoms with Crippen molar-refractivity contribution in [3.63, 3.8) is 0 Å². The quantitative estimate of drug-likeness (QED) is 0.422. The topological polar surface area (TPSA) is 71.5 Å². The molecule has 38 heavy (non-hydrogen) atoms. The number of hydrogen-bond acceptors (Lipinski definition) is 6. The highest BCUT2D eigenvalue weighted by Gasteiger charge is 2.33. The van der Waals surface area contributed by atoms with Crippen LogP contribution in [0.2, 0.25) is 0 Å². The molecule has 208 valence electrons. The number of hydrogen-bond donors (Lipinski definition) is 1. The summed E-state index contributed by atoms with van der Waals surface area (Å²) < 4.78 is 17.6. The van der Waals surface area contributed by atoms with Crippen LogP contribution in [0.25, 0.3) is 0 Å². The van der Waals surface area contributed by atoms with Crippen LogP contribution in [-0.2, 0) is 11.3 Å². The van der Waals surface area contributed by atoms with Gasteiger partial charge in [0.15, 0.2) is 11.5 Å². The van der Waals surface area contributed by atoms with Crippen molar-refractivity contribution in [1.82, 2.24) is 9.80 Å². The molecule has 0 unspecified atom stereocenters. The first-order valence-electron chi connectivity index (χ1n) is 14.1. The average Bonchev–Trinajstić information content (AvgIpc) is 3.11. The van der Waals surface area contributed by atoms with Crippen LogP contribution in [0.15, 0.2) is 36.4 Å². The van der Waals surface area contributed by atoms with E-state index in [4.69, 9.17) is 14.2 Å². The lowest BCUT2D eigenvalue weighted by molar-refractivity contribution is -0.130. The third-order valence-corrected chi connectivity index (χ3v) is 7.75. The van der Waals surface area contributed by atoms with Crippen molar-refractivity contribution in [3.8, 4) is 17.2 Å². The maximum Gasteiger partial charge on any atom is 0.222 e. The Hall–Kier alpha value is -2.77. The minimum Gasteiger partial charge on any atom is -0.493 e. The van der Waals surface area contributed by atoms with Gasteiger partial charge in [-0.05, 0) is 75.3 Å². The molecule has 0 radical (unpaired) electrons. The summed E-state index contributed by atoms with van der Waals surface area (Å²) in [6.45, 7) is 8.96. The van der Waals surface area contributed by atoms with E-state index in [0.717, 1.165) is 86.8 Å². The minimum atomic E-state index is -0.809. The lowest BCUT2D eigenvalue weighted by Crippen LogP contribution is -2.47. The number of likely N-dealkylation sites (tertiary alicyclic amines) is 2. The summed E-state index contributed by atoms with van der Waals surface area (Å²) >= 11 is 0. The summed E-state index contributed by atoms with van der Waals surface area (Å²) in [5.74, 6) is 2.57. The number of carbonyl (C=O) groups is 1.